The Morgan fingerprint density at radius 3 is 0.884 bits per heavy atom. The molecule has 0 aromatic heterocycles. The highest BCUT2D eigenvalue weighted by Gasteiger charge is 2.19. The van der Waals surface area contributed by atoms with Crippen molar-refractivity contribution in [1.82, 2.24) is 0 Å². The normalized spacial score (nSPS) is 12.3. The molecule has 402 valence electrons. The molecule has 6 heteroatoms. The largest absolute Gasteiger partial charge is 0.462 e. The highest BCUT2D eigenvalue weighted by molar-refractivity contribution is 5.71. The van der Waals surface area contributed by atoms with Crippen LogP contribution in [0, 0.1) is 0 Å². The first-order valence-corrected chi connectivity index (χ1v) is 30.1. The highest BCUT2D eigenvalue weighted by atomic mass is 16.6. The van der Waals surface area contributed by atoms with E-state index in [0.29, 0.717) is 19.3 Å². The molecule has 6 nitrogen and oxygen atoms in total. The Morgan fingerprint density at radius 2 is 0.565 bits per heavy atom. The van der Waals surface area contributed by atoms with Gasteiger partial charge in [-0.1, -0.05) is 288 Å². The quantitative estimate of drug-likeness (QED) is 0.0262. The van der Waals surface area contributed by atoms with E-state index in [9.17, 15) is 14.4 Å². The molecular formula is C63H114O6. The van der Waals surface area contributed by atoms with Crippen LogP contribution in [0.25, 0.3) is 0 Å². The smallest absolute Gasteiger partial charge is 0.306 e. The zero-order chi connectivity index (χ0) is 50.0. The molecule has 0 saturated carbocycles. The molecule has 0 N–H and O–H groups in total. The van der Waals surface area contributed by atoms with E-state index in [0.717, 1.165) is 89.9 Å². The van der Waals surface area contributed by atoms with Gasteiger partial charge < -0.3 is 14.2 Å². The van der Waals surface area contributed by atoms with E-state index in [4.69, 9.17) is 14.2 Å². The molecular weight excluding hydrogens is 853 g/mol. The van der Waals surface area contributed by atoms with Crippen LogP contribution in [0.1, 0.15) is 316 Å². The lowest BCUT2D eigenvalue weighted by Crippen LogP contribution is -2.30. The third kappa shape index (κ3) is 56.2. The van der Waals surface area contributed by atoms with Crippen molar-refractivity contribution in [3.8, 4) is 0 Å². The summed E-state index contributed by atoms with van der Waals surface area (Å²) in [7, 11) is 0. The average molecular weight is 968 g/mol. The topological polar surface area (TPSA) is 78.9 Å². The lowest BCUT2D eigenvalue weighted by atomic mass is 10.0. The number of hydrogen-bond donors (Lipinski definition) is 0. The minimum Gasteiger partial charge on any atom is -0.462 e. The van der Waals surface area contributed by atoms with E-state index in [1.165, 1.54) is 186 Å². The van der Waals surface area contributed by atoms with Gasteiger partial charge in [0.15, 0.2) is 6.10 Å². The van der Waals surface area contributed by atoms with Gasteiger partial charge in [-0.05, 0) is 57.8 Å². The molecule has 0 bridgehead atoms. The van der Waals surface area contributed by atoms with E-state index in [1.807, 2.05) is 0 Å². The first kappa shape index (κ1) is 66.4. The summed E-state index contributed by atoms with van der Waals surface area (Å²) in [6, 6.07) is 0. The lowest BCUT2D eigenvalue weighted by molar-refractivity contribution is -0.167. The van der Waals surface area contributed by atoms with Gasteiger partial charge in [0.05, 0.1) is 0 Å². The standard InChI is InChI=1S/C63H114O6/c1-4-7-10-13-16-19-22-25-28-29-30-31-32-33-36-38-41-44-47-50-53-56-62(65)68-59-60(69-63(66)57-54-51-48-45-42-39-35-27-24-21-18-15-12-9-6-3)58-67-61(64)55-52-49-46-43-40-37-34-26-23-20-17-14-11-8-5-2/h7,10,16,19,25,28,30-31,60H,4-6,8-9,11-15,17-18,20-24,26-27,29,32-59H2,1-3H3/b10-7-,19-16-,28-25-,31-30-. The van der Waals surface area contributed by atoms with Gasteiger partial charge in [-0.15, -0.1) is 0 Å². The maximum absolute atomic E-state index is 12.9. The van der Waals surface area contributed by atoms with Gasteiger partial charge in [0.2, 0.25) is 0 Å². The minimum atomic E-state index is -0.772. The van der Waals surface area contributed by atoms with Crippen molar-refractivity contribution >= 4 is 17.9 Å². The maximum Gasteiger partial charge on any atom is 0.306 e. The third-order valence-corrected chi connectivity index (χ3v) is 13.3. The summed E-state index contributed by atoms with van der Waals surface area (Å²) in [4.78, 5) is 38.2. The molecule has 0 amide bonds. The van der Waals surface area contributed by atoms with Crippen molar-refractivity contribution in [3.63, 3.8) is 0 Å². The predicted molar refractivity (Wildman–Crippen MR) is 298 cm³/mol. The molecule has 0 aromatic rings. The lowest BCUT2D eigenvalue weighted by Gasteiger charge is -2.18. The Hall–Kier alpha value is -2.63. The summed E-state index contributed by atoms with van der Waals surface area (Å²) >= 11 is 0. The van der Waals surface area contributed by atoms with Crippen LogP contribution in [0.2, 0.25) is 0 Å². The summed E-state index contributed by atoms with van der Waals surface area (Å²) in [5.74, 6) is -0.859. The Bertz CT molecular complexity index is 1200. The molecule has 0 aliphatic rings. The van der Waals surface area contributed by atoms with Gasteiger partial charge in [0, 0.05) is 19.3 Å². The molecule has 1 atom stereocenters. The zero-order valence-corrected chi connectivity index (χ0v) is 46.1. The van der Waals surface area contributed by atoms with Crippen LogP contribution >= 0.6 is 0 Å². The fourth-order valence-electron chi connectivity index (χ4n) is 8.85. The second-order valence-electron chi connectivity index (χ2n) is 20.2. The van der Waals surface area contributed by atoms with Crippen LogP contribution in [0.4, 0.5) is 0 Å². The molecule has 69 heavy (non-hydrogen) atoms. The van der Waals surface area contributed by atoms with Crippen LogP contribution in [0.5, 0.6) is 0 Å². The average Bonchev–Trinajstić information content (AvgIpc) is 3.35. The van der Waals surface area contributed by atoms with E-state index in [2.05, 4.69) is 69.4 Å². The summed E-state index contributed by atoms with van der Waals surface area (Å²) < 4.78 is 16.9. The molecule has 0 saturated heterocycles. The van der Waals surface area contributed by atoms with E-state index in [1.54, 1.807) is 0 Å². The van der Waals surface area contributed by atoms with Gasteiger partial charge in [0.25, 0.3) is 0 Å². The Labute approximate surface area is 428 Å². The molecule has 0 spiro atoms. The fraction of sp³-hybridized carbons (Fsp3) is 0.825. The van der Waals surface area contributed by atoms with E-state index in [-0.39, 0.29) is 31.1 Å². The molecule has 1 unspecified atom stereocenters. The maximum atomic E-state index is 12.9. The Morgan fingerprint density at radius 1 is 0.304 bits per heavy atom. The second-order valence-corrected chi connectivity index (χ2v) is 20.2. The van der Waals surface area contributed by atoms with Crippen LogP contribution < -0.4 is 0 Å². The minimum absolute atomic E-state index is 0.0705. The third-order valence-electron chi connectivity index (χ3n) is 13.3. The summed E-state index contributed by atoms with van der Waals surface area (Å²) in [6.07, 6.45) is 71.0. The van der Waals surface area contributed by atoms with Gasteiger partial charge in [-0.2, -0.15) is 0 Å². The van der Waals surface area contributed by atoms with Crippen molar-refractivity contribution in [1.29, 1.82) is 0 Å². The molecule has 0 rings (SSSR count). The van der Waals surface area contributed by atoms with Gasteiger partial charge in [-0.3, -0.25) is 14.4 Å². The summed E-state index contributed by atoms with van der Waals surface area (Å²) in [6.45, 7) is 6.57. The van der Waals surface area contributed by atoms with Crippen molar-refractivity contribution < 1.29 is 28.6 Å². The van der Waals surface area contributed by atoms with Crippen molar-refractivity contribution in [2.24, 2.45) is 0 Å². The number of carbonyl (C=O) groups is 3. The number of carbonyl (C=O) groups excluding carboxylic acids is 3. The summed E-state index contributed by atoms with van der Waals surface area (Å²) in [5.41, 5.74) is 0. The van der Waals surface area contributed by atoms with Crippen LogP contribution in [-0.2, 0) is 28.6 Å². The highest BCUT2D eigenvalue weighted by Crippen LogP contribution is 2.17. The number of unbranched alkanes of at least 4 members (excludes halogenated alkanes) is 36. The SMILES string of the molecule is CC/C=C\C/C=C\C/C=C\C/C=C\CCCCCCCCCCC(=O)OCC(COC(=O)CCCCCCCCCCCCCCCCC)OC(=O)CCCCCCCCCCCCCCCCC. The molecule has 0 aromatic carbocycles. The first-order valence-electron chi connectivity index (χ1n) is 30.1. The zero-order valence-electron chi connectivity index (χ0n) is 46.1. The molecule has 0 fully saturated rings. The van der Waals surface area contributed by atoms with Crippen molar-refractivity contribution in [2.45, 2.75) is 322 Å². The Kier molecular flexibility index (Phi) is 55.7. The van der Waals surface area contributed by atoms with E-state index < -0.39 is 6.10 Å². The molecule has 0 aliphatic carbocycles. The van der Waals surface area contributed by atoms with Crippen molar-refractivity contribution in [3.05, 3.63) is 48.6 Å². The number of ether oxygens (including phenoxy) is 3. The van der Waals surface area contributed by atoms with Gasteiger partial charge in [0.1, 0.15) is 13.2 Å². The number of esters is 3. The molecule has 0 heterocycles. The summed E-state index contributed by atoms with van der Waals surface area (Å²) in [5, 5.41) is 0. The van der Waals surface area contributed by atoms with Crippen LogP contribution in [0.15, 0.2) is 48.6 Å². The first-order chi connectivity index (χ1) is 34.0. The van der Waals surface area contributed by atoms with Gasteiger partial charge in [-0.25, -0.2) is 0 Å². The van der Waals surface area contributed by atoms with Crippen molar-refractivity contribution in [2.75, 3.05) is 13.2 Å². The second kappa shape index (κ2) is 57.9. The molecule has 0 radical (unpaired) electrons. The number of rotatable bonds is 55. The molecule has 0 aliphatic heterocycles. The van der Waals surface area contributed by atoms with Crippen LogP contribution in [-0.4, -0.2) is 37.2 Å². The van der Waals surface area contributed by atoms with Crippen LogP contribution in [0.3, 0.4) is 0 Å². The fourth-order valence-corrected chi connectivity index (χ4v) is 8.85. The van der Waals surface area contributed by atoms with E-state index >= 15 is 0 Å². The van der Waals surface area contributed by atoms with Gasteiger partial charge >= 0.3 is 17.9 Å². The number of allylic oxidation sites excluding steroid dienone is 8. The Balaban J connectivity index is 4.33. The number of hydrogen-bond acceptors (Lipinski definition) is 6. The predicted octanol–water partition coefficient (Wildman–Crippen LogP) is 20.2. The monoisotopic (exact) mass is 967 g/mol.